The number of nitrogens with zero attached hydrogens (tertiary/aromatic N) is 1. The maximum Gasteiger partial charge on any atom is 0.235 e. The number of carbonyl (C=O) groups excluding carboxylic acids is 3. The molecule has 1 N–H and O–H groups in total. The average Bonchev–Trinajstić information content (AvgIpc) is 3.13. The Labute approximate surface area is 217 Å². The maximum atomic E-state index is 13.7. The molecule has 0 unspecified atom stereocenters. The Hall–Kier alpha value is -2.86. The molecule has 2 atom stereocenters. The molecule has 35 heavy (non-hydrogen) atoms. The Morgan fingerprint density at radius 3 is 1.66 bits per heavy atom. The van der Waals surface area contributed by atoms with E-state index in [1.807, 2.05) is 48.5 Å². The van der Waals surface area contributed by atoms with Crippen LogP contribution in [0.4, 0.5) is 5.69 Å². The zero-order valence-corrected chi connectivity index (χ0v) is 20.6. The van der Waals surface area contributed by atoms with E-state index in [2.05, 4.69) is 5.32 Å². The van der Waals surface area contributed by atoms with Crippen LogP contribution in [-0.4, -0.2) is 29.2 Å². The summed E-state index contributed by atoms with van der Waals surface area (Å²) >= 11 is 20.9. The number of halogens is 3. The topological polar surface area (TPSA) is 66.5 Å². The lowest BCUT2D eigenvalue weighted by Gasteiger charge is -2.54. The van der Waals surface area contributed by atoms with Crippen molar-refractivity contribution >= 4 is 58.2 Å². The van der Waals surface area contributed by atoms with Crippen LogP contribution in [0.3, 0.4) is 0 Å². The monoisotopic (exact) mass is 524 g/mol. The summed E-state index contributed by atoms with van der Waals surface area (Å²) in [6.45, 7) is -0.0758. The fourth-order valence-corrected chi connectivity index (χ4v) is 7.21. The van der Waals surface area contributed by atoms with Crippen LogP contribution in [0.1, 0.15) is 28.7 Å². The van der Waals surface area contributed by atoms with Crippen molar-refractivity contribution in [1.29, 1.82) is 0 Å². The molecule has 0 saturated carbocycles. The van der Waals surface area contributed by atoms with Crippen molar-refractivity contribution in [3.63, 3.8) is 0 Å². The van der Waals surface area contributed by atoms with Gasteiger partial charge in [-0.3, -0.25) is 19.3 Å². The molecule has 0 radical (unpaired) electrons. The molecule has 1 saturated heterocycles. The van der Waals surface area contributed by atoms with Gasteiger partial charge in [-0.1, -0.05) is 72.3 Å². The smallest absolute Gasteiger partial charge is 0.235 e. The highest BCUT2D eigenvalue weighted by molar-refractivity contribution is 6.36. The number of carbonyl (C=O) groups is 3. The highest BCUT2D eigenvalue weighted by Gasteiger charge is 2.72. The second-order valence-electron chi connectivity index (χ2n) is 9.08. The minimum absolute atomic E-state index is 0.0758. The van der Waals surface area contributed by atoms with Crippen LogP contribution in [-0.2, 0) is 24.1 Å². The largest absolute Gasteiger partial charge is 0.325 e. The van der Waals surface area contributed by atoms with Gasteiger partial charge in [0.15, 0.2) is 0 Å². The SMILES string of the molecule is O=C(CCN1C(=O)[C@@H]2[C@H](C1=O)C1(Cl)c3ccccc3C2(Cl)c2ccccc21)Nc1ccccc1Cl. The molecule has 3 aromatic rings. The summed E-state index contributed by atoms with van der Waals surface area (Å²) in [5.74, 6) is -2.91. The molecule has 3 amide bonds. The summed E-state index contributed by atoms with van der Waals surface area (Å²) in [5, 5.41) is 3.13. The van der Waals surface area contributed by atoms with Gasteiger partial charge in [0, 0.05) is 13.0 Å². The van der Waals surface area contributed by atoms with Crippen LogP contribution < -0.4 is 5.32 Å². The molecule has 2 bridgehead atoms. The molecule has 176 valence electrons. The number of anilines is 1. The van der Waals surface area contributed by atoms with Crippen LogP contribution in [0.15, 0.2) is 72.8 Å². The average molecular weight is 526 g/mol. The lowest BCUT2D eigenvalue weighted by Crippen LogP contribution is -2.57. The number of hydrogen-bond donors (Lipinski definition) is 1. The van der Waals surface area contributed by atoms with Crippen LogP contribution in [0.2, 0.25) is 5.02 Å². The lowest BCUT2D eigenvalue weighted by atomic mass is 9.54. The van der Waals surface area contributed by atoms with Gasteiger partial charge in [-0.15, -0.1) is 23.2 Å². The molecule has 0 aromatic heterocycles. The zero-order chi connectivity index (χ0) is 24.5. The van der Waals surface area contributed by atoms with E-state index >= 15 is 0 Å². The van der Waals surface area contributed by atoms with E-state index in [1.165, 1.54) is 0 Å². The van der Waals surface area contributed by atoms with Gasteiger partial charge in [-0.2, -0.15) is 0 Å². The molecule has 1 fully saturated rings. The number of alkyl halides is 2. The van der Waals surface area contributed by atoms with Crippen molar-refractivity contribution in [2.45, 2.75) is 16.2 Å². The number of hydrogen-bond acceptors (Lipinski definition) is 3. The van der Waals surface area contributed by atoms with Crippen LogP contribution >= 0.6 is 34.8 Å². The van der Waals surface area contributed by atoms with Gasteiger partial charge >= 0.3 is 0 Å². The van der Waals surface area contributed by atoms with Crippen molar-refractivity contribution in [3.8, 4) is 0 Å². The first-order valence-corrected chi connectivity index (χ1v) is 12.4. The number of benzene rings is 3. The normalized spacial score (nSPS) is 27.9. The van der Waals surface area contributed by atoms with Crippen molar-refractivity contribution in [3.05, 3.63) is 100 Å². The molecule has 7 rings (SSSR count). The summed E-state index contributed by atoms with van der Waals surface area (Å²) in [7, 11) is 0. The van der Waals surface area contributed by atoms with Crippen LogP contribution in [0, 0.1) is 11.8 Å². The fourth-order valence-electron chi connectivity index (χ4n) is 5.93. The predicted octanol–water partition coefficient (Wildman–Crippen LogP) is 5.26. The van der Waals surface area contributed by atoms with Crippen LogP contribution in [0.5, 0.6) is 0 Å². The van der Waals surface area contributed by atoms with Crippen molar-refractivity contribution in [2.75, 3.05) is 11.9 Å². The summed E-state index contributed by atoms with van der Waals surface area (Å²) in [6.07, 6.45) is -0.0768. The Morgan fingerprint density at radius 1 is 0.771 bits per heavy atom. The zero-order valence-electron chi connectivity index (χ0n) is 18.3. The molecular weight excluding hydrogens is 507 g/mol. The van der Waals surface area contributed by atoms with Crippen molar-refractivity contribution in [1.82, 2.24) is 4.90 Å². The molecule has 5 nitrogen and oxygen atoms in total. The summed E-state index contributed by atoms with van der Waals surface area (Å²) in [4.78, 5) is 38.8. The first kappa shape index (κ1) is 22.6. The van der Waals surface area contributed by atoms with Gasteiger partial charge in [0.05, 0.1) is 22.5 Å². The molecular formula is C27H19Cl3N2O3. The lowest BCUT2D eigenvalue weighted by molar-refractivity contribution is -0.140. The van der Waals surface area contributed by atoms with Gasteiger partial charge in [-0.05, 0) is 34.4 Å². The molecule has 1 aliphatic heterocycles. The predicted molar refractivity (Wildman–Crippen MR) is 135 cm³/mol. The molecule has 0 spiro atoms. The first-order chi connectivity index (χ1) is 16.8. The second-order valence-corrected chi connectivity index (χ2v) is 10.7. The van der Waals surface area contributed by atoms with Gasteiger partial charge in [0.25, 0.3) is 0 Å². The van der Waals surface area contributed by atoms with Crippen molar-refractivity contribution < 1.29 is 14.4 Å². The number of nitrogens with one attached hydrogen (secondary N) is 1. The third kappa shape index (κ3) is 2.92. The standard InChI is InChI=1S/C27H19Cl3N2O3/c28-19-11-5-6-12-20(19)31-21(33)13-14-32-24(34)22-23(25(32)35)27(30)16-8-2-1-7-15(16)26(22,29)17-9-3-4-10-18(17)27/h1-12,22-23H,13-14H2,(H,31,33)/t22-,23+,26?,27?. The van der Waals surface area contributed by atoms with Gasteiger partial charge in [0.1, 0.15) is 9.75 Å². The fraction of sp³-hybridized carbons (Fsp3) is 0.222. The number of para-hydroxylation sites is 1. The Bertz CT molecular complexity index is 1300. The van der Waals surface area contributed by atoms with E-state index in [4.69, 9.17) is 34.8 Å². The molecule has 8 heteroatoms. The molecule has 4 aliphatic rings. The first-order valence-electron chi connectivity index (χ1n) is 11.3. The van der Waals surface area contributed by atoms with E-state index in [1.54, 1.807) is 24.3 Å². The van der Waals surface area contributed by atoms with E-state index in [0.29, 0.717) is 10.7 Å². The van der Waals surface area contributed by atoms with E-state index in [0.717, 1.165) is 27.2 Å². The highest BCUT2D eigenvalue weighted by Crippen LogP contribution is 2.69. The maximum absolute atomic E-state index is 13.7. The Balaban J connectivity index is 1.36. The summed E-state index contributed by atoms with van der Waals surface area (Å²) < 4.78 is 0. The number of amides is 3. The molecule has 3 aromatic carbocycles. The number of rotatable bonds is 4. The summed E-state index contributed by atoms with van der Waals surface area (Å²) in [5.41, 5.74) is 3.45. The quantitative estimate of drug-likeness (QED) is 0.373. The third-order valence-electron chi connectivity index (χ3n) is 7.39. The third-order valence-corrected chi connectivity index (χ3v) is 9.00. The Kier molecular flexibility index (Phi) is 5.05. The summed E-state index contributed by atoms with van der Waals surface area (Å²) in [6, 6.07) is 21.8. The van der Waals surface area contributed by atoms with Crippen LogP contribution in [0.25, 0.3) is 0 Å². The van der Waals surface area contributed by atoms with E-state index in [9.17, 15) is 14.4 Å². The number of imide groups is 1. The van der Waals surface area contributed by atoms with Gasteiger partial charge < -0.3 is 5.32 Å². The number of likely N-dealkylation sites (tertiary alicyclic amines) is 1. The van der Waals surface area contributed by atoms with Gasteiger partial charge in [-0.25, -0.2) is 0 Å². The van der Waals surface area contributed by atoms with Gasteiger partial charge in [0.2, 0.25) is 17.7 Å². The second kappa shape index (κ2) is 7.82. The van der Waals surface area contributed by atoms with E-state index < -0.39 is 33.4 Å². The Morgan fingerprint density at radius 2 is 1.20 bits per heavy atom. The minimum atomic E-state index is -1.23. The highest BCUT2D eigenvalue weighted by atomic mass is 35.5. The molecule has 1 heterocycles. The van der Waals surface area contributed by atoms with Crippen molar-refractivity contribution in [2.24, 2.45) is 11.8 Å². The van der Waals surface area contributed by atoms with E-state index in [-0.39, 0.29) is 18.9 Å². The minimum Gasteiger partial charge on any atom is -0.325 e. The molecule has 3 aliphatic carbocycles.